The first kappa shape index (κ1) is 12.1. The van der Waals surface area contributed by atoms with Crippen LogP contribution in [0.15, 0.2) is 4.52 Å². The molecule has 2 fully saturated rings. The molecule has 2 unspecified atom stereocenters. The Balaban J connectivity index is 1.76. The van der Waals surface area contributed by atoms with E-state index in [2.05, 4.69) is 22.4 Å². The largest absolute Gasteiger partial charge is 0.370 e. The molecule has 1 saturated carbocycles. The van der Waals surface area contributed by atoms with Crippen molar-refractivity contribution in [3.05, 3.63) is 11.7 Å². The van der Waals surface area contributed by atoms with Gasteiger partial charge in [0, 0.05) is 7.11 Å². The molecule has 2 aliphatic rings. The minimum Gasteiger partial charge on any atom is -0.370 e. The predicted octanol–water partition coefficient (Wildman–Crippen LogP) is 2.16. The molecule has 3 rings (SSSR count). The standard InChI is InChI=1S/C13H21N3O2/c1-9-4-7-14-10(8-9)11-15-12(16-18-11)13(17-2)5-3-6-13/h9-10,14H,3-8H2,1-2H3. The molecule has 5 nitrogen and oxygen atoms in total. The summed E-state index contributed by atoms with van der Waals surface area (Å²) < 4.78 is 11.0. The molecule has 1 aliphatic heterocycles. The number of piperidine rings is 1. The Bertz CT molecular complexity index is 409. The molecule has 0 bridgehead atoms. The smallest absolute Gasteiger partial charge is 0.243 e. The average Bonchev–Trinajstić information content (AvgIpc) is 2.78. The van der Waals surface area contributed by atoms with Crippen LogP contribution in [0.4, 0.5) is 0 Å². The zero-order chi connectivity index (χ0) is 12.6. The SMILES string of the molecule is COC1(c2noc(C3CC(C)CCN3)n2)CCC1. The fourth-order valence-corrected chi connectivity index (χ4v) is 2.87. The summed E-state index contributed by atoms with van der Waals surface area (Å²) in [5.41, 5.74) is -0.276. The van der Waals surface area contributed by atoms with Crippen molar-refractivity contribution in [2.45, 2.75) is 50.7 Å². The summed E-state index contributed by atoms with van der Waals surface area (Å²) in [7, 11) is 1.73. The lowest BCUT2D eigenvalue weighted by molar-refractivity contribution is -0.0858. The van der Waals surface area contributed by atoms with Crippen molar-refractivity contribution >= 4 is 0 Å². The Morgan fingerprint density at radius 1 is 1.44 bits per heavy atom. The molecule has 100 valence electrons. The monoisotopic (exact) mass is 251 g/mol. The van der Waals surface area contributed by atoms with Crippen molar-refractivity contribution in [2.24, 2.45) is 5.92 Å². The highest BCUT2D eigenvalue weighted by Gasteiger charge is 2.43. The highest BCUT2D eigenvalue weighted by molar-refractivity contribution is 5.08. The van der Waals surface area contributed by atoms with Gasteiger partial charge in [-0.15, -0.1) is 0 Å². The highest BCUT2D eigenvalue weighted by atomic mass is 16.5. The number of ether oxygens (including phenoxy) is 1. The fraction of sp³-hybridized carbons (Fsp3) is 0.846. The van der Waals surface area contributed by atoms with E-state index in [0.29, 0.717) is 5.92 Å². The van der Waals surface area contributed by atoms with Crippen molar-refractivity contribution in [2.75, 3.05) is 13.7 Å². The fourth-order valence-electron chi connectivity index (χ4n) is 2.87. The highest BCUT2D eigenvalue weighted by Crippen LogP contribution is 2.43. The maximum absolute atomic E-state index is 5.58. The molecule has 1 aromatic heterocycles. The van der Waals surface area contributed by atoms with Crippen molar-refractivity contribution < 1.29 is 9.26 Å². The first-order chi connectivity index (χ1) is 8.73. The molecule has 1 saturated heterocycles. The van der Waals surface area contributed by atoms with Gasteiger partial charge in [0.05, 0.1) is 6.04 Å². The Labute approximate surface area is 107 Å². The van der Waals surface area contributed by atoms with Crippen LogP contribution < -0.4 is 5.32 Å². The Morgan fingerprint density at radius 2 is 2.28 bits per heavy atom. The van der Waals surface area contributed by atoms with Gasteiger partial charge in [0.2, 0.25) is 11.7 Å². The van der Waals surface area contributed by atoms with E-state index in [4.69, 9.17) is 9.26 Å². The van der Waals surface area contributed by atoms with E-state index in [1.807, 2.05) is 0 Å². The van der Waals surface area contributed by atoms with Crippen LogP contribution in [0.25, 0.3) is 0 Å². The van der Waals surface area contributed by atoms with Crippen LogP contribution >= 0.6 is 0 Å². The summed E-state index contributed by atoms with van der Waals surface area (Å²) >= 11 is 0. The van der Waals surface area contributed by atoms with Gasteiger partial charge in [-0.3, -0.25) is 0 Å². The van der Waals surface area contributed by atoms with E-state index < -0.39 is 0 Å². The van der Waals surface area contributed by atoms with Crippen LogP contribution in [0.3, 0.4) is 0 Å². The van der Waals surface area contributed by atoms with Crippen LogP contribution in [0, 0.1) is 5.92 Å². The third-order valence-electron chi connectivity index (χ3n) is 4.37. The summed E-state index contributed by atoms with van der Waals surface area (Å²) in [4.78, 5) is 4.57. The minimum absolute atomic E-state index is 0.212. The number of nitrogens with one attached hydrogen (secondary N) is 1. The molecule has 0 spiro atoms. The number of hydrogen-bond acceptors (Lipinski definition) is 5. The molecule has 2 heterocycles. The Hall–Kier alpha value is -0.940. The Kier molecular flexibility index (Phi) is 3.11. The third-order valence-corrected chi connectivity index (χ3v) is 4.37. The quantitative estimate of drug-likeness (QED) is 0.892. The van der Waals surface area contributed by atoms with Gasteiger partial charge in [0.15, 0.2) is 0 Å². The molecule has 0 amide bonds. The number of aromatic nitrogens is 2. The second kappa shape index (κ2) is 4.63. The van der Waals surface area contributed by atoms with Gasteiger partial charge in [0.25, 0.3) is 0 Å². The zero-order valence-corrected chi connectivity index (χ0v) is 11.1. The predicted molar refractivity (Wildman–Crippen MR) is 66.0 cm³/mol. The van der Waals surface area contributed by atoms with Gasteiger partial charge < -0.3 is 14.6 Å². The number of rotatable bonds is 3. The molecule has 2 atom stereocenters. The second-order valence-corrected chi connectivity index (χ2v) is 5.64. The van der Waals surface area contributed by atoms with Gasteiger partial charge in [-0.1, -0.05) is 12.1 Å². The molecule has 0 radical (unpaired) electrons. The molecule has 1 aromatic rings. The lowest BCUT2D eigenvalue weighted by Gasteiger charge is -2.37. The third kappa shape index (κ3) is 1.95. The molecule has 5 heteroatoms. The molecular formula is C13H21N3O2. The van der Waals surface area contributed by atoms with Crippen LogP contribution in [0.5, 0.6) is 0 Å². The number of nitrogens with zero attached hydrogens (tertiary/aromatic N) is 2. The molecule has 1 aliphatic carbocycles. The molecular weight excluding hydrogens is 230 g/mol. The van der Waals surface area contributed by atoms with Gasteiger partial charge >= 0.3 is 0 Å². The summed E-state index contributed by atoms with van der Waals surface area (Å²) in [6.45, 7) is 3.30. The second-order valence-electron chi connectivity index (χ2n) is 5.64. The maximum Gasteiger partial charge on any atom is 0.243 e. The minimum atomic E-state index is -0.276. The van der Waals surface area contributed by atoms with Crippen LogP contribution in [0.2, 0.25) is 0 Å². The average molecular weight is 251 g/mol. The lowest BCUT2D eigenvalue weighted by atomic mass is 9.79. The van der Waals surface area contributed by atoms with Gasteiger partial charge in [-0.05, 0) is 44.6 Å². The van der Waals surface area contributed by atoms with Gasteiger partial charge in [0.1, 0.15) is 5.60 Å². The topological polar surface area (TPSA) is 60.2 Å². The Morgan fingerprint density at radius 3 is 2.89 bits per heavy atom. The van der Waals surface area contributed by atoms with Crippen LogP contribution in [-0.2, 0) is 10.3 Å². The number of methoxy groups -OCH3 is 1. The van der Waals surface area contributed by atoms with Crippen molar-refractivity contribution in [3.63, 3.8) is 0 Å². The zero-order valence-electron chi connectivity index (χ0n) is 11.1. The summed E-state index contributed by atoms with van der Waals surface area (Å²) in [5.74, 6) is 2.16. The van der Waals surface area contributed by atoms with E-state index in [-0.39, 0.29) is 11.6 Å². The summed E-state index contributed by atoms with van der Waals surface area (Å²) in [6.07, 6.45) is 5.46. The first-order valence-electron chi connectivity index (χ1n) is 6.86. The van der Waals surface area contributed by atoms with Crippen molar-refractivity contribution in [1.29, 1.82) is 0 Å². The summed E-state index contributed by atoms with van der Waals surface area (Å²) in [5, 5.41) is 7.58. The van der Waals surface area contributed by atoms with Crippen LogP contribution in [0.1, 0.15) is 56.8 Å². The molecule has 0 aromatic carbocycles. The van der Waals surface area contributed by atoms with Crippen molar-refractivity contribution in [1.82, 2.24) is 15.5 Å². The normalized spacial score (nSPS) is 31.0. The molecule has 18 heavy (non-hydrogen) atoms. The van der Waals surface area contributed by atoms with Gasteiger partial charge in [-0.2, -0.15) is 4.98 Å². The molecule has 1 N–H and O–H groups in total. The first-order valence-corrected chi connectivity index (χ1v) is 6.86. The van der Waals surface area contributed by atoms with E-state index in [9.17, 15) is 0 Å². The van der Waals surface area contributed by atoms with E-state index >= 15 is 0 Å². The van der Waals surface area contributed by atoms with E-state index in [1.165, 1.54) is 12.8 Å². The van der Waals surface area contributed by atoms with E-state index in [1.54, 1.807) is 7.11 Å². The van der Waals surface area contributed by atoms with E-state index in [0.717, 1.165) is 37.5 Å². The maximum atomic E-state index is 5.58. The number of hydrogen-bond donors (Lipinski definition) is 1. The van der Waals surface area contributed by atoms with Gasteiger partial charge in [-0.25, -0.2) is 0 Å². The van der Waals surface area contributed by atoms with Crippen LogP contribution in [-0.4, -0.2) is 23.8 Å². The van der Waals surface area contributed by atoms with Crippen molar-refractivity contribution in [3.8, 4) is 0 Å². The lowest BCUT2D eigenvalue weighted by Crippen LogP contribution is -2.37. The summed E-state index contributed by atoms with van der Waals surface area (Å²) in [6, 6.07) is 0.212.